The third-order valence-electron chi connectivity index (χ3n) is 6.28. The standard InChI is InChI=1S/C24H29FN4O2/c1-18-4-3-10-26-23(18)27-12-14-28(15-13-27)24(31)20-7-8-22(30)29(17-20)11-9-19-5-2-6-21(25)16-19/h2-6,10,16,20H,7-9,11-15,17H2,1H3/t20-/m1/s1. The van der Waals surface area contributed by atoms with Crippen LogP contribution in [0.4, 0.5) is 10.2 Å². The van der Waals surface area contributed by atoms with Crippen LogP contribution in [0.5, 0.6) is 0 Å². The van der Waals surface area contributed by atoms with Gasteiger partial charge in [-0.3, -0.25) is 9.59 Å². The first-order valence-electron chi connectivity index (χ1n) is 11.0. The number of hydrogen-bond acceptors (Lipinski definition) is 4. The predicted octanol–water partition coefficient (Wildman–Crippen LogP) is 2.66. The van der Waals surface area contributed by atoms with E-state index in [-0.39, 0.29) is 23.5 Å². The van der Waals surface area contributed by atoms with Crippen molar-refractivity contribution in [1.82, 2.24) is 14.8 Å². The van der Waals surface area contributed by atoms with Crippen molar-refractivity contribution in [2.24, 2.45) is 5.92 Å². The molecule has 0 aliphatic carbocycles. The summed E-state index contributed by atoms with van der Waals surface area (Å²) in [5.74, 6) is 0.779. The van der Waals surface area contributed by atoms with Gasteiger partial charge in [-0.1, -0.05) is 18.2 Å². The molecule has 31 heavy (non-hydrogen) atoms. The molecule has 1 aromatic carbocycles. The van der Waals surface area contributed by atoms with Gasteiger partial charge in [0.2, 0.25) is 11.8 Å². The number of pyridine rings is 1. The predicted molar refractivity (Wildman–Crippen MR) is 117 cm³/mol. The molecule has 0 saturated carbocycles. The minimum absolute atomic E-state index is 0.0795. The van der Waals surface area contributed by atoms with Crippen LogP contribution in [-0.2, 0) is 16.0 Å². The monoisotopic (exact) mass is 424 g/mol. The van der Waals surface area contributed by atoms with E-state index in [9.17, 15) is 14.0 Å². The van der Waals surface area contributed by atoms with E-state index in [1.165, 1.54) is 12.1 Å². The average molecular weight is 425 g/mol. The maximum Gasteiger partial charge on any atom is 0.227 e. The lowest BCUT2D eigenvalue weighted by molar-refractivity contribution is -0.143. The summed E-state index contributed by atoms with van der Waals surface area (Å²) in [6.45, 7) is 5.88. The van der Waals surface area contributed by atoms with E-state index in [2.05, 4.69) is 22.9 Å². The van der Waals surface area contributed by atoms with Crippen molar-refractivity contribution in [2.75, 3.05) is 44.2 Å². The fourth-order valence-electron chi connectivity index (χ4n) is 4.49. The lowest BCUT2D eigenvalue weighted by Crippen LogP contribution is -2.53. The van der Waals surface area contributed by atoms with Crippen LogP contribution in [0.3, 0.4) is 0 Å². The molecule has 0 unspecified atom stereocenters. The quantitative estimate of drug-likeness (QED) is 0.741. The zero-order valence-electron chi connectivity index (χ0n) is 18.0. The molecule has 0 radical (unpaired) electrons. The van der Waals surface area contributed by atoms with Crippen molar-refractivity contribution < 1.29 is 14.0 Å². The molecule has 0 bridgehead atoms. The highest BCUT2D eigenvalue weighted by Crippen LogP contribution is 2.23. The molecule has 3 heterocycles. The molecular formula is C24H29FN4O2. The summed E-state index contributed by atoms with van der Waals surface area (Å²) in [4.78, 5) is 35.9. The highest BCUT2D eigenvalue weighted by Gasteiger charge is 2.34. The maximum absolute atomic E-state index is 13.4. The second kappa shape index (κ2) is 9.45. The molecule has 1 atom stereocenters. The van der Waals surface area contributed by atoms with Gasteiger partial charge in [-0.15, -0.1) is 0 Å². The average Bonchev–Trinajstić information content (AvgIpc) is 2.79. The van der Waals surface area contributed by atoms with Gasteiger partial charge in [0, 0.05) is 51.9 Å². The van der Waals surface area contributed by atoms with Crippen LogP contribution in [0.1, 0.15) is 24.0 Å². The number of benzene rings is 1. The van der Waals surface area contributed by atoms with E-state index in [1.807, 2.05) is 17.0 Å². The minimum atomic E-state index is -0.268. The first-order valence-corrected chi connectivity index (χ1v) is 11.0. The number of halogens is 1. The Morgan fingerprint density at radius 3 is 2.71 bits per heavy atom. The summed E-state index contributed by atoms with van der Waals surface area (Å²) < 4.78 is 13.4. The second-order valence-corrected chi connectivity index (χ2v) is 8.41. The van der Waals surface area contributed by atoms with Gasteiger partial charge in [-0.05, 0) is 49.1 Å². The van der Waals surface area contributed by atoms with E-state index in [0.29, 0.717) is 45.4 Å². The molecule has 2 amide bonds. The Labute approximate surface area is 182 Å². The fourth-order valence-corrected chi connectivity index (χ4v) is 4.49. The van der Waals surface area contributed by atoms with Gasteiger partial charge in [0.1, 0.15) is 11.6 Å². The molecule has 6 nitrogen and oxygen atoms in total. The smallest absolute Gasteiger partial charge is 0.227 e. The minimum Gasteiger partial charge on any atom is -0.353 e. The number of aromatic nitrogens is 1. The van der Waals surface area contributed by atoms with Gasteiger partial charge in [0.25, 0.3) is 0 Å². The van der Waals surface area contributed by atoms with E-state index in [1.54, 1.807) is 17.2 Å². The molecule has 2 fully saturated rings. The van der Waals surface area contributed by atoms with Gasteiger partial charge < -0.3 is 14.7 Å². The summed E-state index contributed by atoms with van der Waals surface area (Å²) >= 11 is 0. The van der Waals surface area contributed by atoms with Crippen LogP contribution >= 0.6 is 0 Å². The van der Waals surface area contributed by atoms with Crippen molar-refractivity contribution >= 4 is 17.6 Å². The third kappa shape index (κ3) is 5.03. The number of rotatable bonds is 5. The van der Waals surface area contributed by atoms with Crippen LogP contribution in [0.15, 0.2) is 42.6 Å². The Balaban J connectivity index is 1.31. The van der Waals surface area contributed by atoms with Crippen LogP contribution in [0.2, 0.25) is 0 Å². The number of carbonyl (C=O) groups excluding carboxylic acids is 2. The number of amides is 2. The van der Waals surface area contributed by atoms with Gasteiger partial charge >= 0.3 is 0 Å². The van der Waals surface area contributed by atoms with E-state index >= 15 is 0 Å². The molecule has 4 rings (SSSR count). The highest BCUT2D eigenvalue weighted by molar-refractivity contribution is 5.84. The Bertz CT molecular complexity index is 943. The number of carbonyl (C=O) groups is 2. The summed E-state index contributed by atoms with van der Waals surface area (Å²) in [7, 11) is 0. The molecule has 1 aromatic heterocycles. The molecular weight excluding hydrogens is 395 g/mol. The van der Waals surface area contributed by atoms with E-state index in [0.717, 1.165) is 30.0 Å². The summed E-state index contributed by atoms with van der Waals surface area (Å²) in [6, 6.07) is 10.4. The van der Waals surface area contributed by atoms with Gasteiger partial charge in [-0.25, -0.2) is 9.37 Å². The Morgan fingerprint density at radius 1 is 1.16 bits per heavy atom. The summed E-state index contributed by atoms with van der Waals surface area (Å²) in [5.41, 5.74) is 2.00. The number of piperazine rings is 1. The zero-order valence-corrected chi connectivity index (χ0v) is 18.0. The first kappa shape index (κ1) is 21.3. The van der Waals surface area contributed by atoms with Crippen LogP contribution in [0, 0.1) is 18.7 Å². The molecule has 0 N–H and O–H groups in total. The Morgan fingerprint density at radius 2 is 1.97 bits per heavy atom. The highest BCUT2D eigenvalue weighted by atomic mass is 19.1. The zero-order chi connectivity index (χ0) is 21.8. The Hall–Kier alpha value is -2.96. The van der Waals surface area contributed by atoms with Crippen LogP contribution < -0.4 is 4.90 Å². The molecule has 0 spiro atoms. The van der Waals surface area contributed by atoms with Crippen LogP contribution in [-0.4, -0.2) is 65.9 Å². The van der Waals surface area contributed by atoms with Crippen molar-refractivity contribution in [3.8, 4) is 0 Å². The number of likely N-dealkylation sites (tertiary alicyclic amines) is 1. The first-order chi connectivity index (χ1) is 15.0. The number of hydrogen-bond donors (Lipinski definition) is 0. The molecule has 2 aliphatic heterocycles. The molecule has 2 saturated heterocycles. The second-order valence-electron chi connectivity index (χ2n) is 8.41. The topological polar surface area (TPSA) is 56.8 Å². The Kier molecular flexibility index (Phi) is 6.49. The van der Waals surface area contributed by atoms with Gasteiger partial charge in [-0.2, -0.15) is 0 Å². The lowest BCUT2D eigenvalue weighted by atomic mass is 9.95. The molecule has 164 valence electrons. The summed E-state index contributed by atoms with van der Waals surface area (Å²) in [6.07, 6.45) is 3.39. The normalized spacial score (nSPS) is 19.6. The van der Waals surface area contributed by atoms with Crippen LogP contribution in [0.25, 0.3) is 0 Å². The van der Waals surface area contributed by atoms with Gasteiger partial charge in [0.15, 0.2) is 0 Å². The van der Waals surface area contributed by atoms with Crippen molar-refractivity contribution in [3.63, 3.8) is 0 Å². The largest absolute Gasteiger partial charge is 0.353 e. The number of piperidine rings is 1. The number of nitrogens with zero attached hydrogens (tertiary/aromatic N) is 4. The van der Waals surface area contributed by atoms with E-state index in [4.69, 9.17) is 0 Å². The van der Waals surface area contributed by atoms with E-state index < -0.39 is 0 Å². The fraction of sp³-hybridized carbons (Fsp3) is 0.458. The third-order valence-corrected chi connectivity index (χ3v) is 6.28. The van der Waals surface area contributed by atoms with Crippen molar-refractivity contribution in [1.29, 1.82) is 0 Å². The molecule has 7 heteroatoms. The molecule has 2 aliphatic rings. The summed E-state index contributed by atoms with van der Waals surface area (Å²) in [5, 5.41) is 0. The number of anilines is 1. The van der Waals surface area contributed by atoms with Crippen molar-refractivity contribution in [2.45, 2.75) is 26.2 Å². The molecule has 2 aromatic rings. The number of aryl methyl sites for hydroxylation is 1. The maximum atomic E-state index is 13.4. The van der Waals surface area contributed by atoms with Crippen molar-refractivity contribution in [3.05, 3.63) is 59.5 Å². The SMILES string of the molecule is Cc1cccnc1N1CCN(C(=O)[C@@H]2CCC(=O)N(CCc3cccc(F)c3)C2)CC1. The van der Waals surface area contributed by atoms with Gasteiger partial charge in [0.05, 0.1) is 5.92 Å². The lowest BCUT2D eigenvalue weighted by Gasteiger charge is -2.39.